The third-order valence-corrected chi connectivity index (χ3v) is 5.00. The fourth-order valence-corrected chi connectivity index (χ4v) is 3.04. The highest BCUT2D eigenvalue weighted by Gasteiger charge is 2.48. The Kier molecular flexibility index (Phi) is 5.08. The number of nitrogens with zero attached hydrogens (tertiary/aromatic N) is 1. The van der Waals surface area contributed by atoms with E-state index in [0.29, 0.717) is 38.9 Å². The molecule has 0 radical (unpaired) electrons. The Morgan fingerprint density at radius 1 is 1.32 bits per heavy atom. The number of amides is 2. The predicted octanol–water partition coefficient (Wildman–Crippen LogP) is 1.25. The molecular formula is C16H26N2O4. The molecule has 1 saturated heterocycles. The maximum atomic E-state index is 12.2. The van der Waals surface area contributed by atoms with Gasteiger partial charge >= 0.3 is 5.97 Å². The van der Waals surface area contributed by atoms with Crippen molar-refractivity contribution in [1.82, 2.24) is 10.2 Å². The molecule has 1 aliphatic heterocycles. The van der Waals surface area contributed by atoms with Gasteiger partial charge < -0.3 is 15.3 Å². The lowest BCUT2D eigenvalue weighted by molar-refractivity contribution is -0.151. The van der Waals surface area contributed by atoms with Crippen molar-refractivity contribution in [2.75, 3.05) is 19.6 Å². The number of aliphatic carboxylic acids is 1. The SMILES string of the molecule is CC(C)C1(C(=O)O)CCN(C(=O)CCCNC(=O)C2CC2)C1. The molecular weight excluding hydrogens is 284 g/mol. The van der Waals surface area contributed by atoms with Crippen molar-refractivity contribution >= 4 is 17.8 Å². The number of nitrogens with one attached hydrogen (secondary N) is 1. The maximum Gasteiger partial charge on any atom is 0.311 e. The average Bonchev–Trinajstić information content (AvgIpc) is 3.20. The van der Waals surface area contributed by atoms with E-state index in [4.69, 9.17) is 0 Å². The Bertz CT molecular complexity index is 459. The van der Waals surface area contributed by atoms with Crippen LogP contribution in [0.2, 0.25) is 0 Å². The number of carbonyl (C=O) groups is 3. The fourth-order valence-electron chi connectivity index (χ4n) is 3.04. The summed E-state index contributed by atoms with van der Waals surface area (Å²) in [6.45, 7) is 5.12. The minimum absolute atomic E-state index is 0.000583. The monoisotopic (exact) mass is 310 g/mol. The molecule has 6 nitrogen and oxygen atoms in total. The number of likely N-dealkylation sites (tertiary alicyclic amines) is 1. The molecule has 22 heavy (non-hydrogen) atoms. The molecule has 6 heteroatoms. The zero-order valence-corrected chi connectivity index (χ0v) is 13.4. The lowest BCUT2D eigenvalue weighted by Crippen LogP contribution is -2.40. The van der Waals surface area contributed by atoms with Crippen LogP contribution >= 0.6 is 0 Å². The van der Waals surface area contributed by atoms with Gasteiger partial charge in [-0.1, -0.05) is 13.8 Å². The summed E-state index contributed by atoms with van der Waals surface area (Å²) in [4.78, 5) is 36.9. The predicted molar refractivity (Wildman–Crippen MR) is 81.1 cm³/mol. The summed E-state index contributed by atoms with van der Waals surface area (Å²) in [5.74, 6) is -0.533. The van der Waals surface area contributed by atoms with Crippen LogP contribution in [0.25, 0.3) is 0 Å². The summed E-state index contributed by atoms with van der Waals surface area (Å²) in [5.41, 5.74) is -0.810. The third kappa shape index (κ3) is 3.59. The number of carbonyl (C=O) groups excluding carboxylic acids is 2. The van der Waals surface area contributed by atoms with Gasteiger partial charge in [-0.05, 0) is 31.6 Å². The van der Waals surface area contributed by atoms with Crippen LogP contribution in [0.5, 0.6) is 0 Å². The molecule has 0 aromatic heterocycles. The Morgan fingerprint density at radius 2 is 2.00 bits per heavy atom. The van der Waals surface area contributed by atoms with Crippen LogP contribution in [0, 0.1) is 17.3 Å². The van der Waals surface area contributed by atoms with E-state index in [-0.39, 0.29) is 23.7 Å². The zero-order valence-electron chi connectivity index (χ0n) is 13.4. The minimum Gasteiger partial charge on any atom is -0.481 e. The van der Waals surface area contributed by atoms with Gasteiger partial charge in [0.15, 0.2) is 0 Å². The summed E-state index contributed by atoms with van der Waals surface area (Å²) < 4.78 is 0. The van der Waals surface area contributed by atoms with Gasteiger partial charge in [-0.2, -0.15) is 0 Å². The molecule has 2 N–H and O–H groups in total. The van der Waals surface area contributed by atoms with Crippen LogP contribution in [-0.4, -0.2) is 47.4 Å². The van der Waals surface area contributed by atoms with Crippen molar-refractivity contribution in [3.05, 3.63) is 0 Å². The van der Waals surface area contributed by atoms with Crippen LogP contribution in [0.1, 0.15) is 46.0 Å². The zero-order chi connectivity index (χ0) is 16.3. The molecule has 2 amide bonds. The van der Waals surface area contributed by atoms with Gasteiger partial charge in [-0.15, -0.1) is 0 Å². The van der Waals surface area contributed by atoms with Crippen molar-refractivity contribution in [3.63, 3.8) is 0 Å². The summed E-state index contributed by atoms with van der Waals surface area (Å²) in [6.07, 6.45) is 3.44. The number of carboxylic acids is 1. The molecule has 1 saturated carbocycles. The highest BCUT2D eigenvalue weighted by molar-refractivity contribution is 5.82. The van der Waals surface area contributed by atoms with E-state index in [0.717, 1.165) is 12.8 Å². The van der Waals surface area contributed by atoms with Crippen LogP contribution in [0.3, 0.4) is 0 Å². The lowest BCUT2D eigenvalue weighted by Gasteiger charge is -2.28. The van der Waals surface area contributed by atoms with E-state index in [1.54, 1.807) is 4.90 Å². The van der Waals surface area contributed by atoms with Gasteiger partial charge in [0.05, 0.1) is 5.41 Å². The van der Waals surface area contributed by atoms with Crippen LogP contribution < -0.4 is 5.32 Å². The molecule has 2 rings (SSSR count). The molecule has 0 spiro atoms. The fraction of sp³-hybridized carbons (Fsp3) is 0.812. The first kappa shape index (κ1) is 16.8. The third-order valence-electron chi connectivity index (χ3n) is 5.00. The summed E-state index contributed by atoms with van der Waals surface area (Å²) >= 11 is 0. The van der Waals surface area contributed by atoms with Gasteiger partial charge in [0.1, 0.15) is 0 Å². The van der Waals surface area contributed by atoms with E-state index >= 15 is 0 Å². The van der Waals surface area contributed by atoms with Crippen LogP contribution in [-0.2, 0) is 14.4 Å². The molecule has 1 unspecified atom stereocenters. The van der Waals surface area contributed by atoms with Crippen molar-refractivity contribution in [2.24, 2.45) is 17.3 Å². The summed E-state index contributed by atoms with van der Waals surface area (Å²) in [7, 11) is 0. The number of rotatable bonds is 7. The molecule has 0 aromatic rings. The largest absolute Gasteiger partial charge is 0.481 e. The Balaban J connectivity index is 1.74. The number of carboxylic acid groups (broad SMARTS) is 1. The quantitative estimate of drug-likeness (QED) is 0.693. The van der Waals surface area contributed by atoms with E-state index in [1.165, 1.54) is 0 Å². The first-order valence-electron chi connectivity index (χ1n) is 8.15. The van der Waals surface area contributed by atoms with Crippen molar-refractivity contribution in [3.8, 4) is 0 Å². The van der Waals surface area contributed by atoms with Gasteiger partial charge in [0, 0.05) is 32.0 Å². The van der Waals surface area contributed by atoms with E-state index in [9.17, 15) is 19.5 Å². The lowest BCUT2D eigenvalue weighted by atomic mass is 9.76. The van der Waals surface area contributed by atoms with Crippen molar-refractivity contribution in [1.29, 1.82) is 0 Å². The Hall–Kier alpha value is -1.59. The molecule has 1 aliphatic carbocycles. The second kappa shape index (κ2) is 6.67. The molecule has 2 fully saturated rings. The first-order chi connectivity index (χ1) is 10.4. The topological polar surface area (TPSA) is 86.7 Å². The van der Waals surface area contributed by atoms with Gasteiger partial charge in [0.2, 0.25) is 11.8 Å². The van der Waals surface area contributed by atoms with Crippen LogP contribution in [0.4, 0.5) is 0 Å². The second-order valence-electron chi connectivity index (χ2n) is 6.85. The Labute approximate surface area is 131 Å². The normalized spacial score (nSPS) is 24.6. The van der Waals surface area contributed by atoms with E-state index in [2.05, 4.69) is 5.32 Å². The summed E-state index contributed by atoms with van der Waals surface area (Å²) in [5, 5.41) is 12.3. The van der Waals surface area contributed by atoms with Gasteiger partial charge in [-0.25, -0.2) is 0 Å². The maximum absolute atomic E-state index is 12.2. The molecule has 2 aliphatic rings. The number of hydrogen-bond acceptors (Lipinski definition) is 3. The van der Waals surface area contributed by atoms with Crippen LogP contribution in [0.15, 0.2) is 0 Å². The van der Waals surface area contributed by atoms with Crippen molar-refractivity contribution < 1.29 is 19.5 Å². The van der Waals surface area contributed by atoms with Gasteiger partial charge in [0.25, 0.3) is 0 Å². The second-order valence-corrected chi connectivity index (χ2v) is 6.85. The molecule has 0 aromatic carbocycles. The molecule has 1 atom stereocenters. The first-order valence-corrected chi connectivity index (χ1v) is 8.15. The van der Waals surface area contributed by atoms with Gasteiger partial charge in [-0.3, -0.25) is 14.4 Å². The standard InChI is InChI=1S/C16H26N2O4/c1-11(2)16(15(21)22)7-9-18(10-16)13(19)4-3-8-17-14(20)12-5-6-12/h11-12H,3-10H2,1-2H3,(H,17,20)(H,21,22). The number of hydrogen-bond donors (Lipinski definition) is 2. The summed E-state index contributed by atoms with van der Waals surface area (Å²) in [6, 6.07) is 0. The highest BCUT2D eigenvalue weighted by Crippen LogP contribution is 2.38. The highest BCUT2D eigenvalue weighted by atomic mass is 16.4. The Morgan fingerprint density at radius 3 is 2.50 bits per heavy atom. The molecule has 0 bridgehead atoms. The minimum atomic E-state index is -0.811. The smallest absolute Gasteiger partial charge is 0.311 e. The van der Waals surface area contributed by atoms with E-state index < -0.39 is 11.4 Å². The van der Waals surface area contributed by atoms with Crippen molar-refractivity contribution in [2.45, 2.75) is 46.0 Å². The average molecular weight is 310 g/mol. The molecule has 124 valence electrons. The van der Waals surface area contributed by atoms with E-state index in [1.807, 2.05) is 13.8 Å². The molecule has 1 heterocycles.